The van der Waals surface area contributed by atoms with E-state index in [1.807, 2.05) is 48.5 Å². The molecule has 10 nitrogen and oxygen atoms in total. The molecule has 0 bridgehead atoms. The summed E-state index contributed by atoms with van der Waals surface area (Å²) in [5.74, 6) is 0.968. The molecule has 0 amide bonds. The summed E-state index contributed by atoms with van der Waals surface area (Å²) in [6.45, 7) is 5.94. The molecule has 0 fully saturated rings. The maximum absolute atomic E-state index is 13.0. The molecule has 0 aromatic heterocycles. The fourth-order valence-electron chi connectivity index (χ4n) is 7.27. The molecule has 5 aromatic rings. The van der Waals surface area contributed by atoms with Gasteiger partial charge in [0, 0.05) is 6.07 Å². The van der Waals surface area contributed by atoms with E-state index in [0.717, 1.165) is 24.3 Å². The Bertz CT molecular complexity index is 2020. The standard InChI is InChI=1S/C56H70N4O6/c1-3-5-7-9-11-13-15-17-19-21-42-63-51-38-34-49(35-39-51)59-57-47-30-26-45(27-31-47)55(61)65-53-24-23-25-54(44-53)66-56(62)46-28-32-48(33-29-46)58-60-50-36-40-52(41-37-50)64-43-22-20-18-16-14-12-10-8-6-4-2/h23-41,44H,3-22,42-43H2,1-2H3. The summed E-state index contributed by atoms with van der Waals surface area (Å²) >= 11 is 0. The molecule has 0 saturated heterocycles. The van der Waals surface area contributed by atoms with Crippen LogP contribution in [-0.4, -0.2) is 25.2 Å². The van der Waals surface area contributed by atoms with E-state index in [-0.39, 0.29) is 11.5 Å². The molecule has 5 aromatic carbocycles. The van der Waals surface area contributed by atoms with Crippen molar-refractivity contribution in [3.05, 3.63) is 132 Å². The van der Waals surface area contributed by atoms with Crippen molar-refractivity contribution in [2.24, 2.45) is 20.5 Å². The van der Waals surface area contributed by atoms with Crippen LogP contribution in [0.2, 0.25) is 0 Å². The van der Waals surface area contributed by atoms with Gasteiger partial charge in [-0.1, -0.05) is 135 Å². The molecule has 0 aliphatic carbocycles. The number of azo groups is 2. The molecule has 0 N–H and O–H groups in total. The maximum atomic E-state index is 13.0. The van der Waals surface area contributed by atoms with Gasteiger partial charge in [-0.25, -0.2) is 9.59 Å². The summed E-state index contributed by atoms with van der Waals surface area (Å²) in [5, 5.41) is 17.3. The minimum absolute atomic E-state index is 0.231. The monoisotopic (exact) mass is 895 g/mol. The highest BCUT2D eigenvalue weighted by Gasteiger charge is 2.13. The summed E-state index contributed by atoms with van der Waals surface area (Å²) < 4.78 is 23.0. The van der Waals surface area contributed by atoms with Gasteiger partial charge < -0.3 is 18.9 Å². The molecule has 0 aliphatic rings. The van der Waals surface area contributed by atoms with Gasteiger partial charge in [0.1, 0.15) is 23.0 Å². The van der Waals surface area contributed by atoms with Crippen molar-refractivity contribution in [2.75, 3.05) is 13.2 Å². The number of carbonyl (C=O) groups is 2. The lowest BCUT2D eigenvalue weighted by atomic mass is 10.1. The van der Waals surface area contributed by atoms with Crippen LogP contribution in [0, 0.1) is 0 Å². The zero-order valence-electron chi connectivity index (χ0n) is 39.3. The number of nitrogens with zero attached hydrogens (tertiary/aromatic N) is 4. The van der Waals surface area contributed by atoms with E-state index in [1.165, 1.54) is 122 Å². The summed E-state index contributed by atoms with van der Waals surface area (Å²) in [4.78, 5) is 25.9. The lowest BCUT2D eigenvalue weighted by Gasteiger charge is -2.08. The normalized spacial score (nSPS) is 11.3. The summed E-state index contributed by atoms with van der Waals surface area (Å²) in [7, 11) is 0. The van der Waals surface area contributed by atoms with Crippen molar-refractivity contribution in [1.29, 1.82) is 0 Å². The number of esters is 2. The number of rotatable bonds is 32. The largest absolute Gasteiger partial charge is 0.494 e. The van der Waals surface area contributed by atoms with E-state index in [4.69, 9.17) is 18.9 Å². The summed E-state index contributed by atoms with van der Waals surface area (Å²) in [6.07, 6.45) is 25.9. The molecule has 0 saturated carbocycles. The van der Waals surface area contributed by atoms with E-state index >= 15 is 0 Å². The Kier molecular flexibility index (Phi) is 23.8. The smallest absolute Gasteiger partial charge is 0.343 e. The van der Waals surface area contributed by atoms with Crippen LogP contribution in [0.4, 0.5) is 22.7 Å². The molecule has 0 spiro atoms. The van der Waals surface area contributed by atoms with Crippen molar-refractivity contribution in [3.8, 4) is 23.0 Å². The van der Waals surface area contributed by atoms with Crippen LogP contribution in [-0.2, 0) is 0 Å². The second-order valence-corrected chi connectivity index (χ2v) is 16.8. The lowest BCUT2D eigenvalue weighted by Crippen LogP contribution is -2.10. The highest BCUT2D eigenvalue weighted by molar-refractivity contribution is 5.92. The fraction of sp³-hybridized carbons (Fsp3) is 0.429. The molecule has 10 heteroatoms. The van der Waals surface area contributed by atoms with Gasteiger partial charge in [-0.15, -0.1) is 0 Å². The molecule has 0 radical (unpaired) electrons. The third-order valence-corrected chi connectivity index (χ3v) is 11.2. The highest BCUT2D eigenvalue weighted by atomic mass is 16.5. The lowest BCUT2D eigenvalue weighted by molar-refractivity contribution is 0.0732. The Morgan fingerprint density at radius 3 is 0.955 bits per heavy atom. The molecule has 0 heterocycles. The van der Waals surface area contributed by atoms with Crippen molar-refractivity contribution in [1.82, 2.24) is 0 Å². The first-order valence-electron chi connectivity index (χ1n) is 24.5. The van der Waals surface area contributed by atoms with Gasteiger partial charge in [0.25, 0.3) is 0 Å². The number of ether oxygens (including phenoxy) is 4. The summed E-state index contributed by atoms with van der Waals surface area (Å²) in [5.41, 5.74) is 3.23. The minimum Gasteiger partial charge on any atom is -0.494 e. The Balaban J connectivity index is 0.970. The van der Waals surface area contributed by atoms with Crippen LogP contribution in [0.3, 0.4) is 0 Å². The van der Waals surface area contributed by atoms with Gasteiger partial charge in [-0.05, 0) is 122 Å². The predicted molar refractivity (Wildman–Crippen MR) is 265 cm³/mol. The van der Waals surface area contributed by atoms with Crippen molar-refractivity contribution in [2.45, 2.75) is 142 Å². The van der Waals surface area contributed by atoms with Crippen LogP contribution in [0.5, 0.6) is 23.0 Å². The Labute approximate surface area is 393 Å². The van der Waals surface area contributed by atoms with Crippen LogP contribution in [0.15, 0.2) is 142 Å². The Hall–Kier alpha value is -6.16. The van der Waals surface area contributed by atoms with Gasteiger partial charge in [0.15, 0.2) is 0 Å². The molecule has 350 valence electrons. The van der Waals surface area contributed by atoms with Gasteiger partial charge in [-0.3, -0.25) is 0 Å². The van der Waals surface area contributed by atoms with E-state index in [9.17, 15) is 9.59 Å². The van der Waals surface area contributed by atoms with Gasteiger partial charge >= 0.3 is 11.9 Å². The molecule has 0 atom stereocenters. The van der Waals surface area contributed by atoms with Crippen LogP contribution in [0.25, 0.3) is 0 Å². The first kappa shape index (κ1) is 50.8. The number of carbonyl (C=O) groups excluding carboxylic acids is 2. The molecule has 0 aliphatic heterocycles. The van der Waals surface area contributed by atoms with Crippen LogP contribution < -0.4 is 18.9 Å². The maximum Gasteiger partial charge on any atom is 0.343 e. The second-order valence-electron chi connectivity index (χ2n) is 16.8. The third kappa shape index (κ3) is 20.3. The zero-order valence-corrected chi connectivity index (χ0v) is 39.3. The zero-order chi connectivity index (χ0) is 46.3. The number of hydrogen-bond acceptors (Lipinski definition) is 10. The average Bonchev–Trinajstić information content (AvgIpc) is 3.34. The van der Waals surface area contributed by atoms with Gasteiger partial charge in [-0.2, -0.15) is 20.5 Å². The SMILES string of the molecule is CCCCCCCCCCCCOc1ccc(N=Nc2ccc(C(=O)Oc3cccc(OC(=O)c4ccc(N=Nc5ccc(OCCCCCCCCCCCC)cc5)cc4)c3)cc2)cc1. The van der Waals surface area contributed by atoms with Crippen molar-refractivity contribution >= 4 is 34.7 Å². The van der Waals surface area contributed by atoms with E-state index < -0.39 is 11.9 Å². The van der Waals surface area contributed by atoms with E-state index in [1.54, 1.807) is 66.7 Å². The average molecular weight is 895 g/mol. The van der Waals surface area contributed by atoms with E-state index in [0.29, 0.717) is 47.1 Å². The number of benzene rings is 5. The highest BCUT2D eigenvalue weighted by Crippen LogP contribution is 2.26. The van der Waals surface area contributed by atoms with E-state index in [2.05, 4.69) is 34.3 Å². The predicted octanol–water partition coefficient (Wildman–Crippen LogP) is 17.6. The number of unbranched alkanes of at least 4 members (excludes halogenated alkanes) is 18. The Morgan fingerprint density at radius 1 is 0.348 bits per heavy atom. The fourth-order valence-corrected chi connectivity index (χ4v) is 7.27. The topological polar surface area (TPSA) is 121 Å². The quantitative estimate of drug-likeness (QED) is 0.0183. The summed E-state index contributed by atoms with van der Waals surface area (Å²) in [6, 6.07) is 34.8. The third-order valence-electron chi connectivity index (χ3n) is 11.2. The van der Waals surface area contributed by atoms with Crippen molar-refractivity contribution in [3.63, 3.8) is 0 Å². The van der Waals surface area contributed by atoms with Gasteiger partial charge in [0.05, 0.1) is 47.1 Å². The molecule has 0 unspecified atom stereocenters. The first-order chi connectivity index (χ1) is 32.5. The Morgan fingerprint density at radius 2 is 0.636 bits per heavy atom. The molecule has 66 heavy (non-hydrogen) atoms. The molecular formula is C56H70N4O6. The van der Waals surface area contributed by atoms with Crippen molar-refractivity contribution < 1.29 is 28.5 Å². The first-order valence-corrected chi connectivity index (χ1v) is 24.5. The van der Waals surface area contributed by atoms with Gasteiger partial charge in [0.2, 0.25) is 0 Å². The molecule has 5 rings (SSSR count). The molecular weight excluding hydrogens is 825 g/mol. The van der Waals surface area contributed by atoms with Crippen LogP contribution >= 0.6 is 0 Å². The second kappa shape index (κ2) is 30.9. The van der Waals surface area contributed by atoms with Crippen LogP contribution in [0.1, 0.15) is 163 Å². The number of hydrogen-bond donors (Lipinski definition) is 0. The minimum atomic E-state index is -0.566.